The Bertz CT molecular complexity index is 1010. The highest BCUT2D eigenvalue weighted by Crippen LogP contribution is 2.28. The van der Waals surface area contributed by atoms with Gasteiger partial charge in [0.05, 0.1) is 24.3 Å². The second-order valence-electron chi connectivity index (χ2n) is 10.0. The summed E-state index contributed by atoms with van der Waals surface area (Å²) in [6.07, 6.45) is 4.26. The zero-order valence-corrected chi connectivity index (χ0v) is 21.9. The third-order valence-electron chi connectivity index (χ3n) is 7.69. The van der Waals surface area contributed by atoms with Gasteiger partial charge in [-0.1, -0.05) is 38.1 Å². The first-order valence-corrected chi connectivity index (χ1v) is 13.6. The van der Waals surface area contributed by atoms with Gasteiger partial charge in [0.1, 0.15) is 0 Å². The van der Waals surface area contributed by atoms with Crippen molar-refractivity contribution in [3.63, 3.8) is 0 Å². The van der Waals surface area contributed by atoms with Crippen LogP contribution in [0.5, 0.6) is 0 Å². The maximum Gasteiger partial charge on any atom is 0.225 e. The zero-order valence-electron chi connectivity index (χ0n) is 21.9. The lowest BCUT2D eigenvalue weighted by Crippen LogP contribution is -2.51. The van der Waals surface area contributed by atoms with Crippen molar-refractivity contribution in [2.75, 3.05) is 50.7 Å². The molecule has 4 rings (SSSR count). The Labute approximate surface area is 216 Å². The van der Waals surface area contributed by atoms with Crippen molar-refractivity contribution in [1.29, 1.82) is 5.26 Å². The van der Waals surface area contributed by atoms with Crippen LogP contribution in [0.4, 0.5) is 5.69 Å². The maximum absolute atomic E-state index is 12.8. The first kappa shape index (κ1) is 26.2. The molecule has 1 amide bonds. The second kappa shape index (κ2) is 12.9. The summed E-state index contributed by atoms with van der Waals surface area (Å²) in [5, 5.41) is 9.09. The summed E-state index contributed by atoms with van der Waals surface area (Å²) >= 11 is 0. The maximum atomic E-state index is 12.8. The molecule has 0 spiro atoms. The van der Waals surface area contributed by atoms with E-state index in [1.165, 1.54) is 24.1 Å². The standard InChI is InChI=1S/C30H40N4O2/c1-3-26(4-2)30(35)34-18-16-32(17-19-34)22-29(36-23-25-12-10-24(21-31)11-13-25)27-8-7-9-28(20-27)33-14-5-6-15-33/h7-13,20,26,29H,3-6,14-19,22-23H2,1-2H3/t29-/m1/s1. The highest BCUT2D eigenvalue weighted by molar-refractivity contribution is 5.78. The molecule has 2 saturated heterocycles. The van der Waals surface area contributed by atoms with Crippen LogP contribution in [0.1, 0.15) is 62.3 Å². The largest absolute Gasteiger partial charge is 0.372 e. The molecular formula is C30H40N4O2. The first-order valence-electron chi connectivity index (χ1n) is 13.6. The summed E-state index contributed by atoms with van der Waals surface area (Å²) in [7, 11) is 0. The molecule has 36 heavy (non-hydrogen) atoms. The van der Waals surface area contributed by atoms with Gasteiger partial charge < -0.3 is 14.5 Å². The summed E-state index contributed by atoms with van der Waals surface area (Å²) in [5.74, 6) is 0.458. The quantitative estimate of drug-likeness (QED) is 0.471. The fourth-order valence-electron chi connectivity index (χ4n) is 5.31. The molecule has 0 saturated carbocycles. The predicted octanol–water partition coefficient (Wildman–Crippen LogP) is 5.00. The van der Waals surface area contributed by atoms with E-state index in [1.54, 1.807) is 0 Å². The van der Waals surface area contributed by atoms with Crippen LogP contribution in [-0.4, -0.2) is 61.5 Å². The molecule has 0 unspecified atom stereocenters. The molecule has 2 heterocycles. The van der Waals surface area contributed by atoms with Gasteiger partial charge in [0, 0.05) is 57.4 Å². The van der Waals surface area contributed by atoms with Crippen molar-refractivity contribution in [2.45, 2.75) is 52.2 Å². The summed E-state index contributed by atoms with van der Waals surface area (Å²) in [6, 6.07) is 18.6. The van der Waals surface area contributed by atoms with Crippen LogP contribution in [0.2, 0.25) is 0 Å². The molecule has 0 radical (unpaired) electrons. The minimum atomic E-state index is -0.0653. The van der Waals surface area contributed by atoms with Crippen LogP contribution >= 0.6 is 0 Å². The first-order chi connectivity index (χ1) is 17.6. The smallest absolute Gasteiger partial charge is 0.225 e. The molecular weight excluding hydrogens is 448 g/mol. The Morgan fingerprint density at radius 3 is 2.31 bits per heavy atom. The van der Waals surface area contributed by atoms with Gasteiger partial charge in [0.25, 0.3) is 0 Å². The van der Waals surface area contributed by atoms with Crippen LogP contribution in [0.25, 0.3) is 0 Å². The number of anilines is 1. The Morgan fingerprint density at radius 1 is 0.972 bits per heavy atom. The molecule has 0 N–H and O–H groups in total. The Kier molecular flexibility index (Phi) is 9.38. The number of carbonyl (C=O) groups is 1. The highest BCUT2D eigenvalue weighted by Gasteiger charge is 2.27. The van der Waals surface area contributed by atoms with Crippen molar-refractivity contribution in [2.24, 2.45) is 5.92 Å². The molecule has 0 aromatic heterocycles. The van der Waals surface area contributed by atoms with Gasteiger partial charge in [-0.3, -0.25) is 9.69 Å². The molecule has 2 aromatic carbocycles. The molecule has 2 aliphatic rings. The number of amides is 1. The van der Waals surface area contributed by atoms with Gasteiger partial charge in [-0.2, -0.15) is 5.26 Å². The van der Waals surface area contributed by atoms with Crippen LogP contribution < -0.4 is 4.90 Å². The average molecular weight is 489 g/mol. The Hall–Kier alpha value is -2.88. The number of hydrogen-bond acceptors (Lipinski definition) is 5. The molecule has 2 fully saturated rings. The SMILES string of the molecule is CCC(CC)C(=O)N1CCN(C[C@@H](OCc2ccc(C#N)cc2)c2cccc(N3CCCC3)c2)CC1. The molecule has 2 aromatic rings. The van der Waals surface area contributed by atoms with E-state index in [1.807, 2.05) is 24.3 Å². The Balaban J connectivity index is 1.44. The number of nitriles is 1. The molecule has 0 aliphatic carbocycles. The van der Waals surface area contributed by atoms with Crippen molar-refractivity contribution in [3.8, 4) is 6.07 Å². The fraction of sp³-hybridized carbons (Fsp3) is 0.533. The highest BCUT2D eigenvalue weighted by atomic mass is 16.5. The summed E-state index contributed by atoms with van der Waals surface area (Å²) in [6.45, 7) is 11.0. The van der Waals surface area contributed by atoms with E-state index in [-0.39, 0.29) is 12.0 Å². The van der Waals surface area contributed by atoms with Crippen LogP contribution in [-0.2, 0) is 16.1 Å². The lowest BCUT2D eigenvalue weighted by Gasteiger charge is -2.37. The zero-order chi connectivity index (χ0) is 25.3. The number of nitrogens with zero attached hydrogens (tertiary/aromatic N) is 4. The summed E-state index contributed by atoms with van der Waals surface area (Å²) < 4.78 is 6.53. The lowest BCUT2D eigenvalue weighted by molar-refractivity contribution is -0.137. The number of piperazine rings is 1. The summed E-state index contributed by atoms with van der Waals surface area (Å²) in [4.78, 5) is 19.8. The van der Waals surface area contributed by atoms with Crippen molar-refractivity contribution >= 4 is 11.6 Å². The predicted molar refractivity (Wildman–Crippen MR) is 144 cm³/mol. The van der Waals surface area contributed by atoms with E-state index in [2.05, 4.69) is 58.9 Å². The molecule has 6 nitrogen and oxygen atoms in total. The van der Waals surface area contributed by atoms with E-state index in [0.29, 0.717) is 18.1 Å². The molecule has 1 atom stereocenters. The van der Waals surface area contributed by atoms with Crippen LogP contribution in [0.3, 0.4) is 0 Å². The van der Waals surface area contributed by atoms with Gasteiger partial charge in [-0.25, -0.2) is 0 Å². The minimum Gasteiger partial charge on any atom is -0.372 e. The third kappa shape index (κ3) is 6.66. The topological polar surface area (TPSA) is 59.8 Å². The monoisotopic (exact) mass is 488 g/mol. The number of carbonyl (C=O) groups excluding carboxylic acids is 1. The average Bonchev–Trinajstić information content (AvgIpc) is 3.48. The van der Waals surface area contributed by atoms with E-state index in [4.69, 9.17) is 10.00 Å². The lowest BCUT2D eigenvalue weighted by atomic mass is 10.0. The molecule has 6 heteroatoms. The number of ether oxygens (including phenoxy) is 1. The van der Waals surface area contributed by atoms with Crippen molar-refractivity contribution in [1.82, 2.24) is 9.80 Å². The van der Waals surface area contributed by atoms with Crippen LogP contribution in [0, 0.1) is 17.2 Å². The van der Waals surface area contributed by atoms with Crippen LogP contribution in [0.15, 0.2) is 48.5 Å². The van der Waals surface area contributed by atoms with E-state index in [9.17, 15) is 4.79 Å². The number of rotatable bonds is 10. The molecule has 192 valence electrons. The number of hydrogen-bond donors (Lipinski definition) is 0. The van der Waals surface area contributed by atoms with E-state index < -0.39 is 0 Å². The minimum absolute atomic E-state index is 0.0653. The molecule has 0 bridgehead atoms. The van der Waals surface area contributed by atoms with Gasteiger partial charge in [-0.15, -0.1) is 0 Å². The van der Waals surface area contributed by atoms with Gasteiger partial charge >= 0.3 is 0 Å². The molecule has 2 aliphatic heterocycles. The van der Waals surface area contributed by atoms with Gasteiger partial charge in [-0.05, 0) is 61.1 Å². The van der Waals surface area contributed by atoms with E-state index in [0.717, 1.165) is 64.2 Å². The Morgan fingerprint density at radius 2 is 1.67 bits per heavy atom. The number of benzene rings is 2. The normalized spacial score (nSPS) is 17.4. The second-order valence-corrected chi connectivity index (χ2v) is 10.0. The van der Waals surface area contributed by atoms with Crippen molar-refractivity contribution < 1.29 is 9.53 Å². The van der Waals surface area contributed by atoms with Gasteiger partial charge in [0.15, 0.2) is 0 Å². The third-order valence-corrected chi connectivity index (χ3v) is 7.69. The van der Waals surface area contributed by atoms with Crippen molar-refractivity contribution in [3.05, 3.63) is 65.2 Å². The van der Waals surface area contributed by atoms with E-state index >= 15 is 0 Å². The van der Waals surface area contributed by atoms with Gasteiger partial charge in [0.2, 0.25) is 5.91 Å². The summed E-state index contributed by atoms with van der Waals surface area (Å²) in [5.41, 5.74) is 4.20. The fourth-order valence-corrected chi connectivity index (χ4v) is 5.31.